The highest BCUT2D eigenvalue weighted by molar-refractivity contribution is 6.30. The van der Waals surface area contributed by atoms with Crippen LogP contribution in [0.3, 0.4) is 0 Å². The molecule has 0 spiro atoms. The van der Waals surface area contributed by atoms with Crippen LogP contribution in [0.15, 0.2) is 67.0 Å². The number of halogens is 1. The molecule has 0 radical (unpaired) electrons. The quantitative estimate of drug-likeness (QED) is 0.600. The van der Waals surface area contributed by atoms with Crippen molar-refractivity contribution in [1.82, 2.24) is 14.5 Å². The van der Waals surface area contributed by atoms with Crippen molar-refractivity contribution in [1.29, 1.82) is 0 Å². The molecule has 1 N–H and O–H groups in total. The van der Waals surface area contributed by atoms with Crippen LogP contribution in [-0.4, -0.2) is 45.7 Å². The van der Waals surface area contributed by atoms with Crippen molar-refractivity contribution in [2.45, 2.75) is 13.0 Å². The van der Waals surface area contributed by atoms with E-state index in [1.807, 2.05) is 37.4 Å². The van der Waals surface area contributed by atoms with E-state index in [9.17, 15) is 9.90 Å². The number of anilines is 1. The molecule has 0 bridgehead atoms. The number of benzene rings is 2. The molecule has 0 unspecified atom stereocenters. The van der Waals surface area contributed by atoms with E-state index in [1.165, 1.54) is 0 Å². The maximum atomic E-state index is 13.4. The summed E-state index contributed by atoms with van der Waals surface area (Å²) in [6, 6.07) is 17.1. The Balaban J connectivity index is 1.79. The minimum Gasteiger partial charge on any atom is -0.425 e. The van der Waals surface area contributed by atoms with Gasteiger partial charge in [0.25, 0.3) is 5.91 Å². The number of nitrogens with zero attached hydrogens (tertiary/aromatic N) is 4. The Morgan fingerprint density at radius 2 is 1.84 bits per heavy atom. The average molecular weight is 439 g/mol. The molecule has 3 aromatic rings. The number of rotatable bonds is 7. The molecule has 2 aromatic carbocycles. The van der Waals surface area contributed by atoms with Gasteiger partial charge < -0.3 is 14.7 Å². The van der Waals surface area contributed by atoms with Crippen molar-refractivity contribution in [2.24, 2.45) is 0 Å². The summed E-state index contributed by atoms with van der Waals surface area (Å²) in [5.74, 6) is 1.33. The van der Waals surface area contributed by atoms with E-state index in [0.717, 1.165) is 5.56 Å². The van der Waals surface area contributed by atoms with E-state index >= 15 is 0 Å². The van der Waals surface area contributed by atoms with Gasteiger partial charge in [-0.2, -0.15) is 4.98 Å². The number of aliphatic hydroxyl groups is 1. The summed E-state index contributed by atoms with van der Waals surface area (Å²) >= 11 is 5.99. The molecule has 2 heterocycles. The number of carbonyl (C=O) groups excluding carboxylic acids is 1. The third kappa shape index (κ3) is 4.15. The summed E-state index contributed by atoms with van der Waals surface area (Å²) in [6.45, 7) is 4.80. The lowest BCUT2D eigenvalue weighted by atomic mass is 10.2. The maximum Gasteiger partial charge on any atom is 0.304 e. The van der Waals surface area contributed by atoms with Crippen LogP contribution < -0.4 is 9.64 Å². The summed E-state index contributed by atoms with van der Waals surface area (Å²) in [5, 5.41) is 9.84. The highest BCUT2D eigenvalue weighted by Crippen LogP contribution is 2.36. The second-order valence-corrected chi connectivity index (χ2v) is 7.64. The molecule has 0 fully saturated rings. The SMILES string of the molecule is C=C1N(CCCO)C(=O)c2c(nc(Oc3ccc(Cl)cc3)n2Cc2ccccc2)N1C. The van der Waals surface area contributed by atoms with Crippen LogP contribution in [0.25, 0.3) is 0 Å². The molecule has 0 atom stereocenters. The lowest BCUT2D eigenvalue weighted by molar-refractivity contribution is 0.0774. The molecule has 7 nitrogen and oxygen atoms in total. The first-order chi connectivity index (χ1) is 15.0. The smallest absolute Gasteiger partial charge is 0.304 e. The van der Waals surface area contributed by atoms with Crippen LogP contribution in [0.4, 0.5) is 5.82 Å². The summed E-state index contributed by atoms with van der Waals surface area (Å²) in [4.78, 5) is 21.4. The first-order valence-electron chi connectivity index (χ1n) is 9.93. The average Bonchev–Trinajstić information content (AvgIpc) is 3.12. The Morgan fingerprint density at radius 3 is 2.52 bits per heavy atom. The number of carbonyl (C=O) groups is 1. The second-order valence-electron chi connectivity index (χ2n) is 7.20. The lowest BCUT2D eigenvalue weighted by Crippen LogP contribution is -2.44. The number of imidazole rings is 1. The van der Waals surface area contributed by atoms with Gasteiger partial charge in [0.15, 0.2) is 11.5 Å². The first-order valence-corrected chi connectivity index (χ1v) is 10.3. The van der Waals surface area contributed by atoms with Crippen LogP contribution in [0, 0.1) is 0 Å². The predicted octanol–water partition coefficient (Wildman–Crippen LogP) is 4.12. The molecule has 1 aliphatic rings. The Labute approximate surface area is 185 Å². The highest BCUT2D eigenvalue weighted by Gasteiger charge is 2.37. The van der Waals surface area contributed by atoms with Crippen molar-refractivity contribution in [3.63, 3.8) is 0 Å². The number of amides is 1. The van der Waals surface area contributed by atoms with Gasteiger partial charge in [0.1, 0.15) is 11.6 Å². The van der Waals surface area contributed by atoms with E-state index < -0.39 is 0 Å². The Bertz CT molecular complexity index is 1100. The highest BCUT2D eigenvalue weighted by atomic mass is 35.5. The molecule has 1 aliphatic heterocycles. The largest absolute Gasteiger partial charge is 0.425 e. The fraction of sp³-hybridized carbons (Fsp3) is 0.217. The number of aromatic nitrogens is 2. The lowest BCUT2D eigenvalue weighted by Gasteiger charge is -2.35. The summed E-state index contributed by atoms with van der Waals surface area (Å²) in [7, 11) is 1.81. The van der Waals surface area contributed by atoms with Crippen molar-refractivity contribution in [3.05, 3.63) is 83.3 Å². The molecule has 1 aromatic heterocycles. The van der Waals surface area contributed by atoms with Crippen molar-refractivity contribution < 1.29 is 14.6 Å². The molecule has 8 heteroatoms. The Hall–Kier alpha value is -3.29. The molecular weight excluding hydrogens is 416 g/mol. The van der Waals surface area contributed by atoms with Gasteiger partial charge in [-0.05, 0) is 36.2 Å². The summed E-state index contributed by atoms with van der Waals surface area (Å²) in [5.41, 5.74) is 1.42. The first kappa shape index (κ1) is 21.0. The normalized spacial score (nSPS) is 13.5. The van der Waals surface area contributed by atoms with E-state index in [1.54, 1.807) is 38.6 Å². The van der Waals surface area contributed by atoms with Gasteiger partial charge in [0, 0.05) is 25.2 Å². The van der Waals surface area contributed by atoms with Gasteiger partial charge in [0.05, 0.1) is 6.54 Å². The monoisotopic (exact) mass is 438 g/mol. The number of fused-ring (bicyclic) bond motifs is 1. The Kier molecular flexibility index (Phi) is 5.97. The molecular formula is C23H23ClN4O3. The maximum absolute atomic E-state index is 13.4. The van der Waals surface area contributed by atoms with Gasteiger partial charge >= 0.3 is 6.01 Å². The number of aliphatic hydroxyl groups excluding tert-OH is 1. The minimum atomic E-state index is -0.221. The molecule has 4 rings (SSSR count). The summed E-state index contributed by atoms with van der Waals surface area (Å²) < 4.78 is 7.84. The zero-order chi connectivity index (χ0) is 22.0. The third-order valence-electron chi connectivity index (χ3n) is 5.12. The van der Waals surface area contributed by atoms with E-state index in [0.29, 0.717) is 53.6 Å². The number of hydrogen-bond donors (Lipinski definition) is 1. The Morgan fingerprint density at radius 1 is 1.13 bits per heavy atom. The molecule has 31 heavy (non-hydrogen) atoms. The fourth-order valence-corrected chi connectivity index (χ4v) is 3.60. The standard InChI is InChI=1S/C23H23ClN4O3/c1-16-26(2)21-20(22(30)27(16)13-6-14-29)28(15-17-7-4-3-5-8-17)23(25-21)31-19-11-9-18(24)10-12-19/h3-5,7-12,29H,1,6,13-15H2,2H3. The molecule has 0 saturated heterocycles. The third-order valence-corrected chi connectivity index (χ3v) is 5.38. The van der Waals surface area contributed by atoms with E-state index in [4.69, 9.17) is 16.3 Å². The van der Waals surface area contributed by atoms with Gasteiger partial charge in [0.2, 0.25) is 0 Å². The minimum absolute atomic E-state index is 0.0121. The van der Waals surface area contributed by atoms with Gasteiger partial charge in [-0.25, -0.2) is 0 Å². The van der Waals surface area contributed by atoms with Crippen molar-refractivity contribution in [2.75, 3.05) is 25.1 Å². The second kappa shape index (κ2) is 8.83. The van der Waals surface area contributed by atoms with Gasteiger partial charge in [-0.1, -0.05) is 48.5 Å². The van der Waals surface area contributed by atoms with Crippen LogP contribution >= 0.6 is 11.6 Å². The van der Waals surface area contributed by atoms with Gasteiger partial charge in [-0.15, -0.1) is 0 Å². The van der Waals surface area contributed by atoms with Crippen LogP contribution in [0.2, 0.25) is 5.02 Å². The molecule has 0 aliphatic carbocycles. The van der Waals surface area contributed by atoms with Crippen LogP contribution in [-0.2, 0) is 6.54 Å². The van der Waals surface area contributed by atoms with E-state index in [2.05, 4.69) is 11.6 Å². The van der Waals surface area contributed by atoms with Crippen LogP contribution in [0.5, 0.6) is 11.8 Å². The van der Waals surface area contributed by atoms with Crippen LogP contribution in [0.1, 0.15) is 22.5 Å². The fourth-order valence-electron chi connectivity index (χ4n) is 3.47. The predicted molar refractivity (Wildman–Crippen MR) is 120 cm³/mol. The molecule has 1 amide bonds. The number of ether oxygens (including phenoxy) is 1. The molecule has 160 valence electrons. The van der Waals surface area contributed by atoms with Crippen molar-refractivity contribution >= 4 is 23.3 Å². The van der Waals surface area contributed by atoms with E-state index in [-0.39, 0.29) is 12.5 Å². The van der Waals surface area contributed by atoms with Gasteiger partial charge in [-0.3, -0.25) is 14.3 Å². The topological polar surface area (TPSA) is 70.8 Å². The summed E-state index contributed by atoms with van der Waals surface area (Å²) in [6.07, 6.45) is 0.453. The number of hydrogen-bond acceptors (Lipinski definition) is 5. The van der Waals surface area contributed by atoms with Crippen molar-refractivity contribution in [3.8, 4) is 11.8 Å². The molecule has 0 saturated carbocycles. The zero-order valence-electron chi connectivity index (χ0n) is 17.2. The zero-order valence-corrected chi connectivity index (χ0v) is 17.9.